The SMILES string of the molecule is CC(C)C[C@@H](C(=O)N[C@@H](C)C(=O)O)N1C(=O)N2CCc3c([nH]c4ccccc34)[C@@]2(C)C1=O. The lowest BCUT2D eigenvalue weighted by Crippen LogP contribution is -2.54. The third-order valence-corrected chi connectivity index (χ3v) is 6.54. The fourth-order valence-electron chi connectivity index (χ4n) is 4.84. The number of carbonyl (C=O) groups is 4. The molecular formula is C23H28N4O5. The Morgan fingerprint density at radius 1 is 1.22 bits per heavy atom. The quantitative estimate of drug-likeness (QED) is 0.595. The molecule has 9 nitrogen and oxygen atoms in total. The van der Waals surface area contributed by atoms with E-state index in [9.17, 15) is 24.3 Å². The maximum Gasteiger partial charge on any atom is 0.328 e. The number of carboxylic acids is 1. The van der Waals surface area contributed by atoms with Crippen LogP contribution in [0.2, 0.25) is 0 Å². The molecule has 0 saturated carbocycles. The van der Waals surface area contributed by atoms with E-state index in [0.29, 0.717) is 18.7 Å². The van der Waals surface area contributed by atoms with Gasteiger partial charge in [0.25, 0.3) is 5.91 Å². The van der Waals surface area contributed by atoms with Crippen molar-refractivity contribution in [2.45, 2.75) is 58.2 Å². The Balaban J connectivity index is 1.76. The fraction of sp³-hybridized carbons (Fsp3) is 0.478. The highest BCUT2D eigenvalue weighted by Gasteiger charge is 2.60. The van der Waals surface area contributed by atoms with Crippen LogP contribution < -0.4 is 5.32 Å². The van der Waals surface area contributed by atoms with Crippen LogP contribution >= 0.6 is 0 Å². The van der Waals surface area contributed by atoms with Gasteiger partial charge in [0.05, 0.1) is 5.69 Å². The Hall–Kier alpha value is -3.36. The van der Waals surface area contributed by atoms with Crippen LogP contribution in [-0.2, 0) is 26.3 Å². The minimum atomic E-state index is -1.25. The molecule has 4 rings (SSSR count). The zero-order valence-corrected chi connectivity index (χ0v) is 18.6. The molecule has 3 atom stereocenters. The number of carbonyl (C=O) groups excluding carboxylic acids is 3. The van der Waals surface area contributed by atoms with E-state index in [1.165, 1.54) is 11.8 Å². The van der Waals surface area contributed by atoms with Crippen molar-refractivity contribution in [1.29, 1.82) is 0 Å². The Kier molecular flexibility index (Phi) is 5.22. The molecule has 1 aromatic carbocycles. The molecule has 1 fully saturated rings. The summed E-state index contributed by atoms with van der Waals surface area (Å²) in [5, 5.41) is 12.6. The summed E-state index contributed by atoms with van der Waals surface area (Å²) < 4.78 is 0. The Labute approximate surface area is 185 Å². The zero-order valence-electron chi connectivity index (χ0n) is 18.6. The molecule has 0 bridgehead atoms. The molecule has 2 aliphatic heterocycles. The largest absolute Gasteiger partial charge is 0.480 e. The molecule has 2 aliphatic rings. The zero-order chi connectivity index (χ0) is 23.4. The number of rotatable bonds is 6. The van der Waals surface area contributed by atoms with E-state index in [1.54, 1.807) is 6.92 Å². The maximum atomic E-state index is 13.8. The van der Waals surface area contributed by atoms with Gasteiger partial charge in [0.15, 0.2) is 5.54 Å². The van der Waals surface area contributed by atoms with Gasteiger partial charge in [-0.25, -0.2) is 9.69 Å². The van der Waals surface area contributed by atoms with Crippen molar-refractivity contribution in [3.05, 3.63) is 35.5 Å². The highest BCUT2D eigenvalue weighted by Crippen LogP contribution is 2.44. The first kappa shape index (κ1) is 21.9. The Morgan fingerprint density at radius 2 is 1.91 bits per heavy atom. The molecule has 3 N–H and O–H groups in total. The molecule has 0 unspecified atom stereocenters. The number of aromatic amines is 1. The second-order valence-electron chi connectivity index (χ2n) is 9.17. The number of benzene rings is 1. The van der Waals surface area contributed by atoms with E-state index in [1.807, 2.05) is 38.1 Å². The van der Waals surface area contributed by atoms with Gasteiger partial charge < -0.3 is 20.3 Å². The average molecular weight is 441 g/mol. The van der Waals surface area contributed by atoms with Gasteiger partial charge in [-0.15, -0.1) is 0 Å². The van der Waals surface area contributed by atoms with E-state index in [0.717, 1.165) is 21.4 Å². The average Bonchev–Trinajstić information content (AvgIpc) is 3.20. The van der Waals surface area contributed by atoms with Crippen LogP contribution in [0, 0.1) is 5.92 Å². The standard InChI is InChI=1S/C23H28N4O5/c1-12(2)11-17(19(28)24-13(3)20(29)30)27-21(31)23(4)18-15(9-10-26(23)22(27)32)14-7-5-6-8-16(14)25-18/h5-8,12-13,17,25H,9-11H2,1-4H3,(H,24,28)(H,29,30)/t13-,17-,23-/m0/s1. The van der Waals surface area contributed by atoms with Crippen LogP contribution in [0.5, 0.6) is 0 Å². The van der Waals surface area contributed by atoms with Gasteiger partial charge in [0.1, 0.15) is 12.1 Å². The summed E-state index contributed by atoms with van der Waals surface area (Å²) in [5.74, 6) is -2.30. The van der Waals surface area contributed by atoms with Crippen LogP contribution in [0.15, 0.2) is 24.3 Å². The molecule has 9 heteroatoms. The summed E-state index contributed by atoms with van der Waals surface area (Å²) in [7, 11) is 0. The van der Waals surface area contributed by atoms with E-state index >= 15 is 0 Å². The van der Waals surface area contributed by atoms with Crippen molar-refractivity contribution in [2.24, 2.45) is 5.92 Å². The topological polar surface area (TPSA) is 123 Å². The monoisotopic (exact) mass is 440 g/mol. The van der Waals surface area contributed by atoms with Crippen molar-refractivity contribution in [3.8, 4) is 0 Å². The number of imide groups is 1. The minimum Gasteiger partial charge on any atom is -0.480 e. The molecule has 1 aromatic heterocycles. The maximum absolute atomic E-state index is 13.8. The summed E-state index contributed by atoms with van der Waals surface area (Å²) in [6.45, 7) is 7.19. The van der Waals surface area contributed by atoms with Gasteiger partial charge in [-0.05, 0) is 44.2 Å². The smallest absolute Gasteiger partial charge is 0.328 e. The van der Waals surface area contributed by atoms with E-state index in [2.05, 4.69) is 10.3 Å². The highest BCUT2D eigenvalue weighted by atomic mass is 16.4. The van der Waals surface area contributed by atoms with Gasteiger partial charge in [-0.1, -0.05) is 32.0 Å². The van der Waals surface area contributed by atoms with E-state index < -0.39 is 41.4 Å². The molecule has 1 saturated heterocycles. The van der Waals surface area contributed by atoms with E-state index in [4.69, 9.17) is 0 Å². The molecule has 3 heterocycles. The number of fused-ring (bicyclic) bond motifs is 5. The van der Waals surface area contributed by atoms with Crippen LogP contribution in [-0.4, -0.2) is 62.3 Å². The number of hydrogen-bond acceptors (Lipinski definition) is 4. The number of carboxylic acid groups (broad SMARTS) is 1. The van der Waals surface area contributed by atoms with Crippen molar-refractivity contribution in [3.63, 3.8) is 0 Å². The number of nitrogens with one attached hydrogen (secondary N) is 2. The number of aromatic nitrogens is 1. The first-order chi connectivity index (χ1) is 15.1. The Morgan fingerprint density at radius 3 is 2.56 bits per heavy atom. The number of H-pyrrole nitrogens is 1. The van der Waals surface area contributed by atoms with Crippen LogP contribution in [0.4, 0.5) is 4.79 Å². The minimum absolute atomic E-state index is 0.000514. The first-order valence-corrected chi connectivity index (χ1v) is 10.9. The molecule has 170 valence electrons. The van der Waals surface area contributed by atoms with Crippen LogP contribution in [0.3, 0.4) is 0 Å². The summed E-state index contributed by atoms with van der Waals surface area (Å²) in [6.07, 6.45) is 0.831. The molecule has 0 radical (unpaired) electrons. The molecule has 2 aromatic rings. The lowest BCUT2D eigenvalue weighted by Gasteiger charge is -2.36. The van der Waals surface area contributed by atoms with Gasteiger partial charge in [-0.3, -0.25) is 14.4 Å². The van der Waals surface area contributed by atoms with Gasteiger partial charge in [-0.2, -0.15) is 0 Å². The molecular weight excluding hydrogens is 412 g/mol. The summed E-state index contributed by atoms with van der Waals surface area (Å²) in [4.78, 5) is 57.4. The fourth-order valence-corrected chi connectivity index (χ4v) is 4.84. The van der Waals surface area contributed by atoms with Crippen molar-refractivity contribution >= 4 is 34.7 Å². The number of amides is 4. The molecule has 4 amide bonds. The van der Waals surface area contributed by atoms with Gasteiger partial charge in [0.2, 0.25) is 5.91 Å². The Bertz CT molecular complexity index is 1120. The predicted octanol–water partition coefficient (Wildman–Crippen LogP) is 2.21. The van der Waals surface area contributed by atoms with Crippen molar-refractivity contribution < 1.29 is 24.3 Å². The lowest BCUT2D eigenvalue weighted by atomic mass is 9.86. The number of aliphatic carboxylic acids is 1. The van der Waals surface area contributed by atoms with Crippen LogP contribution in [0.25, 0.3) is 10.9 Å². The third-order valence-electron chi connectivity index (χ3n) is 6.54. The van der Waals surface area contributed by atoms with Crippen LogP contribution in [0.1, 0.15) is 45.4 Å². The molecule has 0 aliphatic carbocycles. The second-order valence-corrected chi connectivity index (χ2v) is 9.17. The number of hydrogen-bond donors (Lipinski definition) is 3. The highest BCUT2D eigenvalue weighted by molar-refractivity contribution is 6.11. The third kappa shape index (κ3) is 3.14. The predicted molar refractivity (Wildman–Crippen MR) is 117 cm³/mol. The van der Waals surface area contributed by atoms with Crippen molar-refractivity contribution in [1.82, 2.24) is 20.1 Å². The summed E-state index contributed by atoms with van der Waals surface area (Å²) >= 11 is 0. The molecule has 32 heavy (non-hydrogen) atoms. The summed E-state index contributed by atoms with van der Waals surface area (Å²) in [5.41, 5.74) is 1.32. The number of nitrogens with zero attached hydrogens (tertiary/aromatic N) is 2. The number of urea groups is 1. The lowest BCUT2D eigenvalue weighted by molar-refractivity contribution is -0.143. The number of para-hydroxylation sites is 1. The summed E-state index contributed by atoms with van der Waals surface area (Å²) in [6, 6.07) is 5.02. The normalized spacial score (nSPS) is 22.2. The van der Waals surface area contributed by atoms with Gasteiger partial charge >= 0.3 is 12.0 Å². The van der Waals surface area contributed by atoms with E-state index in [-0.39, 0.29) is 12.3 Å². The molecule has 0 spiro atoms. The van der Waals surface area contributed by atoms with Crippen molar-refractivity contribution in [2.75, 3.05) is 6.54 Å². The second kappa shape index (κ2) is 7.65. The first-order valence-electron chi connectivity index (χ1n) is 10.9. The van der Waals surface area contributed by atoms with Gasteiger partial charge in [0, 0.05) is 17.4 Å².